The molecule has 0 amide bonds. The van der Waals surface area contributed by atoms with Crippen LogP contribution in [0.5, 0.6) is 0 Å². The monoisotopic (exact) mass is 1100 g/mol. The maximum atomic E-state index is 13.1. The molecular weight excluding hydrogens is 1060 g/mol. The third-order valence-electron chi connectivity index (χ3n) is 10.5. The maximum absolute atomic E-state index is 13.1. The molecule has 6 aromatic rings. The Labute approximate surface area is 421 Å². The predicted molar refractivity (Wildman–Crippen MR) is 254 cm³/mol. The summed E-state index contributed by atoms with van der Waals surface area (Å²) in [6.07, 6.45) is -4.11. The molecule has 7 rings (SSSR count). The van der Waals surface area contributed by atoms with Gasteiger partial charge in [0.15, 0.2) is 17.7 Å². The van der Waals surface area contributed by atoms with Crippen LogP contribution >= 0.6 is 23.4 Å². The molecule has 1 aliphatic heterocycles. The molecule has 1 aliphatic rings. The SMILES string of the molecule is Nc1ncnc2c1ncn2[C@@H]1O[C@H](COP(=O)(O)OP(=O)(O)OP(=O)(O)Nc2ccc(-c3cc(-c4cccc(CN(CC(=O)O)CC(=O)O)n4)nc(-c4cccc(CN(CC(=O)O)CC(=O)O)n4)c3)cc2)[C@H](O)C1O. The summed E-state index contributed by atoms with van der Waals surface area (Å²) in [6.45, 7) is -3.84. The van der Waals surface area contributed by atoms with Crippen molar-refractivity contribution >= 4 is 69.9 Å². The standard InChI is InChI=1S/C41H44N11O20P3/c42-39-36-40(44-20-43-39)52(21-45-36)41-38(62)37(61)31(70-41)19-69-74(65,66)72-75(67,68)71-73(63,64)49-24-9-7-22(8-10-24)23-11-29(27-5-1-3-25(46-27)13-50(15-32(53)54)16-33(55)56)48-30(12-23)28-6-2-4-26(47-28)14-51(17-34(57)58)18-35(59)60/h1-12,20-21,31,37-38,41,61-62H,13-19H2,(H,53,54)(H,55,56)(H,57,58)(H,59,60)(H,65,66)(H,67,68)(H2,42,43,44)(H2,49,63,64)/t31-,37+,38?,41-/m1/s1. The largest absolute Gasteiger partial charge is 0.489 e. The zero-order chi connectivity index (χ0) is 54.4. The minimum atomic E-state index is -5.95. The van der Waals surface area contributed by atoms with Gasteiger partial charge in [-0.1, -0.05) is 24.3 Å². The summed E-state index contributed by atoms with van der Waals surface area (Å²) in [5.41, 5.74) is 8.06. The molecule has 34 heteroatoms. The van der Waals surface area contributed by atoms with Crippen molar-refractivity contribution in [3.05, 3.63) is 96.8 Å². The summed E-state index contributed by atoms with van der Waals surface area (Å²) in [5, 5.41) is 60.7. The van der Waals surface area contributed by atoms with Gasteiger partial charge in [-0.3, -0.25) is 43.2 Å². The third-order valence-corrected chi connectivity index (χ3v) is 14.9. The van der Waals surface area contributed by atoms with Crippen LogP contribution in [0.3, 0.4) is 0 Å². The van der Waals surface area contributed by atoms with Crippen LogP contribution in [-0.4, -0.2) is 165 Å². The Morgan fingerprint density at radius 3 is 1.72 bits per heavy atom. The van der Waals surface area contributed by atoms with Gasteiger partial charge in [-0.15, -0.1) is 0 Å². The van der Waals surface area contributed by atoms with Crippen molar-refractivity contribution in [2.75, 3.05) is 43.6 Å². The lowest BCUT2D eigenvalue weighted by atomic mass is 10.0. The number of hydrogen-bond acceptors (Lipinski definition) is 22. The van der Waals surface area contributed by atoms with Crippen LogP contribution in [-0.2, 0) is 63.8 Å². The Hall–Kier alpha value is -7.05. The van der Waals surface area contributed by atoms with Crippen LogP contribution < -0.4 is 10.8 Å². The molecule has 1 saturated heterocycles. The number of imidazole rings is 1. The fourth-order valence-corrected chi connectivity index (χ4v) is 11.2. The lowest BCUT2D eigenvalue weighted by Crippen LogP contribution is -2.34. The van der Waals surface area contributed by atoms with E-state index in [1.54, 1.807) is 48.5 Å². The number of carboxylic acids is 4. The lowest BCUT2D eigenvalue weighted by Gasteiger charge is -2.21. The number of aliphatic hydroxyl groups excluding tert-OH is 2. The number of nitrogens with one attached hydrogen (secondary N) is 1. The first kappa shape index (κ1) is 55.7. The normalized spacial score (nSPS) is 19.1. The number of fused-ring (bicyclic) bond motifs is 1. The molecule has 4 unspecified atom stereocenters. The summed E-state index contributed by atoms with van der Waals surface area (Å²) in [4.78, 5) is 105. The smallest absolute Gasteiger partial charge is 0.480 e. The fourth-order valence-electron chi connectivity index (χ4n) is 7.49. The van der Waals surface area contributed by atoms with Crippen molar-refractivity contribution in [1.82, 2.24) is 44.3 Å². The van der Waals surface area contributed by atoms with E-state index in [9.17, 15) is 78.2 Å². The highest BCUT2D eigenvalue weighted by Gasteiger charge is 2.47. The molecule has 0 radical (unpaired) electrons. The van der Waals surface area contributed by atoms with E-state index in [4.69, 9.17) is 20.0 Å². The van der Waals surface area contributed by atoms with Gasteiger partial charge < -0.3 is 55.8 Å². The van der Waals surface area contributed by atoms with E-state index in [1.165, 1.54) is 35.2 Å². The minimum Gasteiger partial charge on any atom is -0.480 e. The number of ether oxygens (including phenoxy) is 1. The first-order valence-corrected chi connectivity index (χ1v) is 26.0. The first-order chi connectivity index (χ1) is 35.3. The maximum Gasteiger partial charge on any atom is 0.489 e. The van der Waals surface area contributed by atoms with Gasteiger partial charge in [0.2, 0.25) is 0 Å². The number of phosphoric acid groups is 2. The Bertz CT molecular complexity index is 3130. The number of benzene rings is 1. The van der Waals surface area contributed by atoms with Crippen molar-refractivity contribution in [1.29, 1.82) is 0 Å². The van der Waals surface area contributed by atoms with Gasteiger partial charge in [-0.05, 0) is 59.7 Å². The van der Waals surface area contributed by atoms with Crippen molar-refractivity contribution < 1.29 is 96.1 Å². The average Bonchev–Trinajstić information content (AvgIpc) is 3.86. The second kappa shape index (κ2) is 23.2. The van der Waals surface area contributed by atoms with E-state index in [0.717, 1.165) is 16.1 Å². The van der Waals surface area contributed by atoms with Gasteiger partial charge in [-0.25, -0.2) is 43.6 Å². The highest BCUT2D eigenvalue weighted by molar-refractivity contribution is 7.68. The van der Waals surface area contributed by atoms with Crippen LogP contribution in [0, 0.1) is 0 Å². The number of nitrogen functional groups attached to an aromatic ring is 1. The van der Waals surface area contributed by atoms with E-state index < -0.39 is 105 Å². The number of rotatable bonds is 25. The molecule has 7 atom stereocenters. The van der Waals surface area contributed by atoms with Gasteiger partial charge in [0.05, 0.1) is 73.3 Å². The lowest BCUT2D eigenvalue weighted by molar-refractivity contribution is -0.144. The molecule has 31 nitrogen and oxygen atoms in total. The van der Waals surface area contributed by atoms with E-state index in [2.05, 4.69) is 33.5 Å². The Balaban J connectivity index is 1.08. The van der Waals surface area contributed by atoms with Gasteiger partial charge in [0, 0.05) is 18.8 Å². The van der Waals surface area contributed by atoms with Crippen molar-refractivity contribution in [2.45, 2.75) is 37.6 Å². The van der Waals surface area contributed by atoms with Crippen molar-refractivity contribution in [2.24, 2.45) is 0 Å². The summed E-state index contributed by atoms with van der Waals surface area (Å²) >= 11 is 0. The van der Waals surface area contributed by atoms with Crippen LogP contribution in [0.2, 0.25) is 0 Å². The Morgan fingerprint density at radius 1 is 0.667 bits per heavy atom. The van der Waals surface area contributed by atoms with Crippen LogP contribution in [0.1, 0.15) is 17.6 Å². The summed E-state index contributed by atoms with van der Waals surface area (Å²) in [7, 11) is -17.1. The van der Waals surface area contributed by atoms with Gasteiger partial charge in [-0.2, -0.15) is 8.62 Å². The number of anilines is 2. The quantitative estimate of drug-likeness (QED) is 0.0363. The molecule has 0 bridgehead atoms. The molecule has 0 aliphatic carbocycles. The Kier molecular flexibility index (Phi) is 17.3. The van der Waals surface area contributed by atoms with E-state index >= 15 is 0 Å². The number of carboxylic acid groups (broad SMARTS) is 4. The average molecular weight is 1100 g/mol. The number of phosphoric ester groups is 1. The zero-order valence-corrected chi connectivity index (χ0v) is 41.0. The number of nitrogens with two attached hydrogens (primary N) is 1. The van der Waals surface area contributed by atoms with E-state index in [1.807, 2.05) is 5.09 Å². The zero-order valence-electron chi connectivity index (χ0n) is 38.3. The highest BCUT2D eigenvalue weighted by atomic mass is 31.3. The van der Waals surface area contributed by atoms with Gasteiger partial charge in [0.25, 0.3) is 0 Å². The topological polar surface area (TPSA) is 465 Å². The highest BCUT2D eigenvalue weighted by Crippen LogP contribution is 2.67. The number of aromatic nitrogens is 7. The van der Waals surface area contributed by atoms with Crippen molar-refractivity contribution in [3.63, 3.8) is 0 Å². The molecule has 5 aromatic heterocycles. The number of hydrogen-bond donors (Lipinski definition) is 11. The first-order valence-electron chi connectivity index (χ1n) is 21.5. The third kappa shape index (κ3) is 15.1. The minimum absolute atomic E-state index is 0.000628. The molecule has 0 saturated carbocycles. The molecule has 0 spiro atoms. The molecule has 1 fully saturated rings. The number of aliphatic hydroxyl groups is 2. The van der Waals surface area contributed by atoms with Crippen molar-refractivity contribution in [3.8, 4) is 33.9 Å². The number of nitrogens with zero attached hydrogens (tertiary/aromatic N) is 9. The van der Waals surface area contributed by atoms with Crippen LogP contribution in [0.15, 0.2) is 85.5 Å². The predicted octanol–water partition coefficient (Wildman–Crippen LogP) is 1.62. The second-order valence-corrected chi connectivity index (χ2v) is 21.0. The van der Waals surface area contributed by atoms with E-state index in [0.29, 0.717) is 11.1 Å². The molecular formula is C41H44N11O20P3. The summed E-state index contributed by atoms with van der Waals surface area (Å²) in [5.74, 6) is -5.09. The summed E-state index contributed by atoms with van der Waals surface area (Å²) in [6, 6.07) is 17.9. The molecule has 75 heavy (non-hydrogen) atoms. The molecule has 12 N–H and O–H groups in total. The van der Waals surface area contributed by atoms with Crippen LogP contribution in [0.4, 0.5) is 11.5 Å². The van der Waals surface area contributed by atoms with Gasteiger partial charge in [0.1, 0.15) is 30.2 Å². The molecule has 398 valence electrons. The summed E-state index contributed by atoms with van der Waals surface area (Å²) < 4.78 is 58.8. The Morgan fingerprint density at radius 2 is 1.20 bits per heavy atom. The van der Waals surface area contributed by atoms with E-state index in [-0.39, 0.29) is 69.9 Å². The van der Waals surface area contributed by atoms with Gasteiger partial charge >= 0.3 is 47.3 Å². The number of pyridine rings is 3. The molecule has 6 heterocycles. The second-order valence-electron chi connectivity index (χ2n) is 16.3. The molecule has 1 aromatic carbocycles. The number of carbonyl (C=O) groups is 4. The van der Waals surface area contributed by atoms with Crippen LogP contribution in [0.25, 0.3) is 45.1 Å². The fraction of sp³-hybridized carbons (Fsp3) is 0.268. The number of aliphatic carboxylic acids is 4.